The number of carbonyl (C=O) groups is 2. The van der Waals surface area contributed by atoms with Crippen LogP contribution in [0.1, 0.15) is 49.4 Å². The second-order valence-electron chi connectivity index (χ2n) is 5.64. The number of hydrogen-bond acceptors (Lipinski definition) is 3. The van der Waals surface area contributed by atoms with E-state index in [4.69, 9.17) is 4.74 Å². The summed E-state index contributed by atoms with van der Waals surface area (Å²) in [5, 5.41) is 0. The first-order chi connectivity index (χ1) is 10.6. The molecular weight excluding hydrogens is 276 g/mol. The molecule has 3 nitrogen and oxygen atoms in total. The highest BCUT2D eigenvalue weighted by Gasteiger charge is 2.27. The minimum atomic E-state index is -0.390. The molecule has 0 heterocycles. The van der Waals surface area contributed by atoms with Gasteiger partial charge in [0, 0.05) is 18.4 Å². The van der Waals surface area contributed by atoms with Crippen LogP contribution in [-0.2, 0) is 9.53 Å². The molecule has 1 aliphatic carbocycles. The first-order valence-corrected chi connectivity index (χ1v) is 7.78. The Labute approximate surface area is 131 Å². The van der Waals surface area contributed by atoms with Gasteiger partial charge in [-0.05, 0) is 37.3 Å². The van der Waals surface area contributed by atoms with Crippen molar-refractivity contribution >= 4 is 11.8 Å². The van der Waals surface area contributed by atoms with E-state index in [0.29, 0.717) is 29.7 Å². The summed E-state index contributed by atoms with van der Waals surface area (Å²) in [5.74, 6) is 0.364. The number of rotatable bonds is 6. The number of ketones is 1. The monoisotopic (exact) mass is 298 g/mol. The van der Waals surface area contributed by atoms with E-state index in [1.807, 2.05) is 19.1 Å². The maximum absolute atomic E-state index is 12.3. The molecule has 1 atom stereocenters. The van der Waals surface area contributed by atoms with Gasteiger partial charge in [-0.1, -0.05) is 31.2 Å². The van der Waals surface area contributed by atoms with Crippen LogP contribution < -0.4 is 0 Å². The SMILES string of the molecule is C=CCCC(C)C1=C(OC(=O)c2ccccc2)CCCC1=O. The fraction of sp³-hybridized carbons (Fsp3) is 0.368. The van der Waals surface area contributed by atoms with Crippen LogP contribution in [0, 0.1) is 5.92 Å². The van der Waals surface area contributed by atoms with Crippen LogP contribution in [0.3, 0.4) is 0 Å². The lowest BCUT2D eigenvalue weighted by atomic mass is 9.85. The zero-order valence-electron chi connectivity index (χ0n) is 13.0. The summed E-state index contributed by atoms with van der Waals surface area (Å²) in [5.41, 5.74) is 1.20. The summed E-state index contributed by atoms with van der Waals surface area (Å²) in [6.07, 6.45) is 5.47. The fourth-order valence-corrected chi connectivity index (χ4v) is 2.75. The number of allylic oxidation sites excluding steroid dienone is 3. The van der Waals surface area contributed by atoms with E-state index in [1.165, 1.54) is 0 Å². The van der Waals surface area contributed by atoms with E-state index in [-0.39, 0.29) is 11.7 Å². The van der Waals surface area contributed by atoms with Crippen molar-refractivity contribution < 1.29 is 14.3 Å². The Morgan fingerprint density at radius 2 is 2.05 bits per heavy atom. The lowest BCUT2D eigenvalue weighted by Crippen LogP contribution is -2.20. The summed E-state index contributed by atoms with van der Waals surface area (Å²) in [4.78, 5) is 24.5. The molecule has 0 saturated heterocycles. The molecule has 0 amide bonds. The van der Waals surface area contributed by atoms with Crippen molar-refractivity contribution in [1.29, 1.82) is 0 Å². The van der Waals surface area contributed by atoms with Crippen LogP contribution in [-0.4, -0.2) is 11.8 Å². The quantitative estimate of drug-likeness (QED) is 0.575. The Hall–Kier alpha value is -2.16. The van der Waals surface area contributed by atoms with Gasteiger partial charge in [-0.25, -0.2) is 4.79 Å². The molecule has 1 aromatic rings. The number of esters is 1. The first-order valence-electron chi connectivity index (χ1n) is 7.78. The van der Waals surface area contributed by atoms with Crippen molar-refractivity contribution in [3.8, 4) is 0 Å². The standard InChI is InChI=1S/C19H22O3/c1-3-4-9-14(2)18-16(20)12-8-13-17(18)22-19(21)15-10-6-5-7-11-15/h3,5-7,10-11,14H,1,4,8-9,12-13H2,2H3. The second-order valence-corrected chi connectivity index (χ2v) is 5.64. The molecule has 0 spiro atoms. The zero-order valence-corrected chi connectivity index (χ0v) is 13.0. The molecule has 116 valence electrons. The Morgan fingerprint density at radius 1 is 1.32 bits per heavy atom. The van der Waals surface area contributed by atoms with Gasteiger partial charge in [-0.2, -0.15) is 0 Å². The molecule has 0 radical (unpaired) electrons. The van der Waals surface area contributed by atoms with E-state index in [1.54, 1.807) is 24.3 Å². The van der Waals surface area contributed by atoms with Gasteiger partial charge in [-0.3, -0.25) is 4.79 Å². The number of ether oxygens (including phenoxy) is 1. The Bertz CT molecular complexity index is 584. The van der Waals surface area contributed by atoms with Gasteiger partial charge < -0.3 is 4.74 Å². The second kappa shape index (κ2) is 7.74. The summed E-state index contributed by atoms with van der Waals surface area (Å²) in [7, 11) is 0. The average molecular weight is 298 g/mol. The molecular formula is C19H22O3. The van der Waals surface area contributed by atoms with Gasteiger partial charge in [0.15, 0.2) is 5.78 Å². The normalized spacial score (nSPS) is 16.3. The van der Waals surface area contributed by atoms with Gasteiger partial charge in [0.25, 0.3) is 0 Å². The smallest absolute Gasteiger partial charge is 0.343 e. The van der Waals surface area contributed by atoms with Crippen LogP contribution in [0.4, 0.5) is 0 Å². The number of hydrogen-bond donors (Lipinski definition) is 0. The van der Waals surface area contributed by atoms with Crippen molar-refractivity contribution in [2.45, 2.75) is 39.0 Å². The van der Waals surface area contributed by atoms with E-state index in [9.17, 15) is 9.59 Å². The maximum atomic E-state index is 12.3. The molecule has 0 bridgehead atoms. The van der Waals surface area contributed by atoms with Crippen molar-refractivity contribution in [2.75, 3.05) is 0 Å². The molecule has 1 aromatic carbocycles. The van der Waals surface area contributed by atoms with Gasteiger partial charge in [0.05, 0.1) is 5.56 Å². The van der Waals surface area contributed by atoms with Crippen molar-refractivity contribution in [3.05, 3.63) is 59.9 Å². The summed E-state index contributed by atoms with van der Waals surface area (Å²) >= 11 is 0. The van der Waals surface area contributed by atoms with Gasteiger partial charge >= 0.3 is 5.97 Å². The van der Waals surface area contributed by atoms with Crippen LogP contribution in [0.15, 0.2) is 54.3 Å². The number of benzene rings is 1. The van der Waals surface area contributed by atoms with E-state index in [2.05, 4.69) is 6.58 Å². The predicted molar refractivity (Wildman–Crippen MR) is 86.3 cm³/mol. The highest BCUT2D eigenvalue weighted by Crippen LogP contribution is 2.31. The molecule has 3 heteroatoms. The lowest BCUT2D eigenvalue weighted by molar-refractivity contribution is -0.116. The van der Waals surface area contributed by atoms with Crippen molar-refractivity contribution in [1.82, 2.24) is 0 Å². The van der Waals surface area contributed by atoms with Crippen LogP contribution in [0.5, 0.6) is 0 Å². The third kappa shape index (κ3) is 3.94. The fourth-order valence-electron chi connectivity index (χ4n) is 2.75. The molecule has 0 fully saturated rings. The van der Waals surface area contributed by atoms with Gasteiger partial charge in [-0.15, -0.1) is 6.58 Å². The Morgan fingerprint density at radius 3 is 2.73 bits per heavy atom. The van der Waals surface area contributed by atoms with Crippen molar-refractivity contribution in [3.63, 3.8) is 0 Å². The first kappa shape index (κ1) is 16.2. The van der Waals surface area contributed by atoms with Crippen LogP contribution in [0.25, 0.3) is 0 Å². The third-order valence-corrected chi connectivity index (χ3v) is 3.93. The predicted octanol–water partition coefficient (Wildman–Crippen LogP) is 4.45. The summed E-state index contributed by atoms with van der Waals surface area (Å²) < 4.78 is 5.56. The molecule has 22 heavy (non-hydrogen) atoms. The van der Waals surface area contributed by atoms with E-state index in [0.717, 1.165) is 19.3 Å². The largest absolute Gasteiger partial charge is 0.427 e. The zero-order chi connectivity index (χ0) is 15.9. The lowest BCUT2D eigenvalue weighted by Gasteiger charge is -2.23. The maximum Gasteiger partial charge on any atom is 0.343 e. The molecule has 1 unspecified atom stereocenters. The minimum absolute atomic E-state index is 0.0874. The topological polar surface area (TPSA) is 43.4 Å². The Balaban J connectivity index is 2.21. The third-order valence-electron chi connectivity index (χ3n) is 3.93. The van der Waals surface area contributed by atoms with E-state index >= 15 is 0 Å². The molecule has 0 aromatic heterocycles. The summed E-state index contributed by atoms with van der Waals surface area (Å²) in [6.45, 7) is 5.73. The average Bonchev–Trinajstić information content (AvgIpc) is 2.53. The van der Waals surface area contributed by atoms with Crippen LogP contribution in [0.2, 0.25) is 0 Å². The van der Waals surface area contributed by atoms with E-state index < -0.39 is 5.97 Å². The minimum Gasteiger partial charge on any atom is -0.427 e. The van der Waals surface area contributed by atoms with Gasteiger partial charge in [0.1, 0.15) is 5.76 Å². The Kier molecular flexibility index (Phi) is 5.70. The highest BCUT2D eigenvalue weighted by molar-refractivity contribution is 5.98. The highest BCUT2D eigenvalue weighted by atomic mass is 16.5. The number of carbonyl (C=O) groups excluding carboxylic acids is 2. The summed E-state index contributed by atoms with van der Waals surface area (Å²) in [6, 6.07) is 8.88. The van der Waals surface area contributed by atoms with Gasteiger partial charge in [0.2, 0.25) is 0 Å². The molecule has 0 saturated carbocycles. The number of Topliss-reactive ketones (excluding diaryl/α,β-unsaturated/α-hetero) is 1. The van der Waals surface area contributed by atoms with Crippen LogP contribution >= 0.6 is 0 Å². The van der Waals surface area contributed by atoms with Crippen molar-refractivity contribution in [2.24, 2.45) is 5.92 Å². The molecule has 1 aliphatic rings. The molecule has 0 aliphatic heterocycles. The molecule has 0 N–H and O–H groups in total. The molecule has 2 rings (SSSR count).